The van der Waals surface area contributed by atoms with Crippen molar-refractivity contribution in [3.05, 3.63) is 0 Å². The topological polar surface area (TPSA) is 12.0 Å². The first-order chi connectivity index (χ1) is 5.49. The van der Waals surface area contributed by atoms with Crippen LogP contribution in [0.4, 0.5) is 0 Å². The maximum absolute atomic E-state index is 3.56. The van der Waals surface area contributed by atoms with Crippen LogP contribution in [0.3, 0.4) is 0 Å². The molecular weight excluding hydrogens is 146 g/mol. The highest BCUT2D eigenvalue weighted by Gasteiger charge is 2.39. The summed E-state index contributed by atoms with van der Waals surface area (Å²) in [6.07, 6.45) is 1.29. The zero-order valence-corrected chi connectivity index (χ0v) is 9.15. The van der Waals surface area contributed by atoms with Gasteiger partial charge in [0, 0.05) is 6.04 Å². The molecule has 72 valence electrons. The minimum absolute atomic E-state index is 0.502. The summed E-state index contributed by atoms with van der Waals surface area (Å²) in [5.74, 6) is 1.69. The first-order valence-corrected chi connectivity index (χ1v) is 5.22. The Morgan fingerprint density at radius 2 is 1.92 bits per heavy atom. The summed E-state index contributed by atoms with van der Waals surface area (Å²) in [6, 6.07) is 0.704. The molecule has 0 aliphatic carbocycles. The van der Waals surface area contributed by atoms with Gasteiger partial charge in [0.15, 0.2) is 0 Å². The van der Waals surface area contributed by atoms with Crippen LogP contribution in [-0.4, -0.2) is 12.6 Å². The van der Waals surface area contributed by atoms with Crippen molar-refractivity contribution in [2.45, 2.75) is 47.1 Å². The summed E-state index contributed by atoms with van der Waals surface area (Å²) >= 11 is 0. The van der Waals surface area contributed by atoms with Crippen molar-refractivity contribution in [2.75, 3.05) is 6.54 Å². The van der Waals surface area contributed by atoms with Gasteiger partial charge in [0.25, 0.3) is 0 Å². The Morgan fingerprint density at radius 1 is 1.33 bits per heavy atom. The van der Waals surface area contributed by atoms with Crippen molar-refractivity contribution in [3.8, 4) is 0 Å². The van der Waals surface area contributed by atoms with Gasteiger partial charge in [0.05, 0.1) is 0 Å². The Kier molecular flexibility index (Phi) is 2.82. The number of nitrogens with one attached hydrogen (secondary N) is 1. The molecule has 1 heteroatoms. The second-order valence-corrected chi connectivity index (χ2v) is 5.04. The molecule has 0 radical (unpaired) electrons. The van der Waals surface area contributed by atoms with Gasteiger partial charge in [-0.1, -0.05) is 34.1 Å². The van der Waals surface area contributed by atoms with Crippen LogP contribution in [0, 0.1) is 17.3 Å². The number of hydrogen-bond donors (Lipinski definition) is 1. The molecule has 1 heterocycles. The van der Waals surface area contributed by atoms with Crippen molar-refractivity contribution in [3.63, 3.8) is 0 Å². The zero-order chi connectivity index (χ0) is 9.35. The van der Waals surface area contributed by atoms with E-state index in [0.29, 0.717) is 11.5 Å². The van der Waals surface area contributed by atoms with Gasteiger partial charge in [-0.2, -0.15) is 0 Å². The molecule has 3 unspecified atom stereocenters. The Morgan fingerprint density at radius 3 is 2.25 bits per heavy atom. The largest absolute Gasteiger partial charge is 0.314 e. The molecule has 1 rings (SSSR count). The second kappa shape index (κ2) is 3.37. The van der Waals surface area contributed by atoms with Gasteiger partial charge in [-0.25, -0.2) is 0 Å². The molecule has 1 fully saturated rings. The Balaban J connectivity index is 2.71. The molecule has 1 nitrogen and oxygen atoms in total. The lowest BCUT2D eigenvalue weighted by Crippen LogP contribution is -2.34. The fourth-order valence-electron chi connectivity index (χ4n) is 2.80. The fourth-order valence-corrected chi connectivity index (χ4v) is 2.80. The molecule has 0 bridgehead atoms. The predicted octanol–water partition coefficient (Wildman–Crippen LogP) is 2.67. The second-order valence-electron chi connectivity index (χ2n) is 5.04. The Hall–Kier alpha value is -0.0400. The third kappa shape index (κ3) is 1.66. The molecule has 1 aliphatic rings. The van der Waals surface area contributed by atoms with E-state index in [1.807, 2.05) is 0 Å². The molecule has 0 spiro atoms. The minimum Gasteiger partial charge on any atom is -0.314 e. The molecule has 12 heavy (non-hydrogen) atoms. The summed E-state index contributed by atoms with van der Waals surface area (Å²) in [6.45, 7) is 13.0. The van der Waals surface area contributed by atoms with Crippen molar-refractivity contribution < 1.29 is 0 Å². The molecule has 0 amide bonds. The molecule has 0 aromatic rings. The van der Waals surface area contributed by atoms with Crippen molar-refractivity contribution in [1.82, 2.24) is 5.32 Å². The molecular formula is C11H23N. The van der Waals surface area contributed by atoms with E-state index in [9.17, 15) is 0 Å². The highest BCUT2D eigenvalue weighted by molar-refractivity contribution is 4.93. The van der Waals surface area contributed by atoms with Crippen LogP contribution in [0.15, 0.2) is 0 Å². The van der Waals surface area contributed by atoms with Crippen LogP contribution in [0.25, 0.3) is 0 Å². The third-order valence-corrected chi connectivity index (χ3v) is 3.73. The van der Waals surface area contributed by atoms with Crippen molar-refractivity contribution in [2.24, 2.45) is 17.3 Å². The standard InChI is InChI=1S/C11H23N/c1-6-11(4,5)10-8(2)7-12-9(10)3/h8-10,12H,6-7H2,1-5H3. The van der Waals surface area contributed by atoms with Gasteiger partial charge < -0.3 is 5.32 Å². The summed E-state index contributed by atoms with van der Waals surface area (Å²) < 4.78 is 0. The number of rotatable bonds is 2. The van der Waals surface area contributed by atoms with Crippen molar-refractivity contribution in [1.29, 1.82) is 0 Å². The molecule has 1 N–H and O–H groups in total. The van der Waals surface area contributed by atoms with E-state index in [0.717, 1.165) is 11.8 Å². The molecule has 0 aromatic carbocycles. The monoisotopic (exact) mass is 169 g/mol. The normalized spacial score (nSPS) is 37.2. The summed E-state index contributed by atoms with van der Waals surface area (Å²) in [5.41, 5.74) is 0.502. The average molecular weight is 169 g/mol. The van der Waals surface area contributed by atoms with E-state index in [4.69, 9.17) is 0 Å². The highest BCUT2D eigenvalue weighted by Crippen LogP contribution is 2.40. The van der Waals surface area contributed by atoms with Crippen LogP contribution >= 0.6 is 0 Å². The van der Waals surface area contributed by atoms with Crippen LogP contribution in [-0.2, 0) is 0 Å². The van der Waals surface area contributed by atoms with Crippen molar-refractivity contribution >= 4 is 0 Å². The Bertz CT molecular complexity index is 141. The highest BCUT2D eigenvalue weighted by atomic mass is 15.0. The van der Waals surface area contributed by atoms with Gasteiger partial charge in [-0.05, 0) is 30.7 Å². The van der Waals surface area contributed by atoms with Gasteiger partial charge in [0.1, 0.15) is 0 Å². The van der Waals surface area contributed by atoms with Crippen LogP contribution in [0.2, 0.25) is 0 Å². The van der Waals surface area contributed by atoms with E-state index in [1.54, 1.807) is 0 Å². The first kappa shape index (κ1) is 10.0. The third-order valence-electron chi connectivity index (χ3n) is 3.73. The van der Waals surface area contributed by atoms with E-state index in [-0.39, 0.29) is 0 Å². The van der Waals surface area contributed by atoms with Gasteiger partial charge in [0.2, 0.25) is 0 Å². The van der Waals surface area contributed by atoms with Crippen LogP contribution < -0.4 is 5.32 Å². The fraction of sp³-hybridized carbons (Fsp3) is 1.00. The minimum atomic E-state index is 0.502. The molecule has 0 aromatic heterocycles. The lowest BCUT2D eigenvalue weighted by molar-refractivity contribution is 0.154. The molecule has 1 aliphatic heterocycles. The van der Waals surface area contributed by atoms with Gasteiger partial charge >= 0.3 is 0 Å². The Labute approximate surface area is 76.9 Å². The van der Waals surface area contributed by atoms with E-state index in [2.05, 4.69) is 39.9 Å². The SMILES string of the molecule is CCC(C)(C)C1C(C)CNC1C. The van der Waals surface area contributed by atoms with Gasteiger partial charge in [-0.15, -0.1) is 0 Å². The maximum atomic E-state index is 3.56. The first-order valence-electron chi connectivity index (χ1n) is 5.22. The molecule has 1 saturated heterocycles. The van der Waals surface area contributed by atoms with Gasteiger partial charge in [-0.3, -0.25) is 0 Å². The quantitative estimate of drug-likeness (QED) is 0.670. The smallest absolute Gasteiger partial charge is 0.00752 e. The van der Waals surface area contributed by atoms with E-state index >= 15 is 0 Å². The van der Waals surface area contributed by atoms with Crippen LogP contribution in [0.5, 0.6) is 0 Å². The zero-order valence-electron chi connectivity index (χ0n) is 9.15. The summed E-state index contributed by atoms with van der Waals surface area (Å²) in [5, 5.41) is 3.56. The number of hydrogen-bond acceptors (Lipinski definition) is 1. The van der Waals surface area contributed by atoms with Crippen LogP contribution in [0.1, 0.15) is 41.0 Å². The summed E-state index contributed by atoms with van der Waals surface area (Å²) in [4.78, 5) is 0. The molecule has 3 atom stereocenters. The lowest BCUT2D eigenvalue weighted by atomic mass is 9.70. The lowest BCUT2D eigenvalue weighted by Gasteiger charge is -2.36. The predicted molar refractivity (Wildman–Crippen MR) is 54.2 cm³/mol. The average Bonchev–Trinajstić information content (AvgIpc) is 2.31. The van der Waals surface area contributed by atoms with E-state index < -0.39 is 0 Å². The molecule has 0 saturated carbocycles. The summed E-state index contributed by atoms with van der Waals surface area (Å²) in [7, 11) is 0. The maximum Gasteiger partial charge on any atom is 0.00752 e. The van der Waals surface area contributed by atoms with E-state index in [1.165, 1.54) is 13.0 Å².